The molecule has 0 radical (unpaired) electrons. The molecule has 1 amide bonds. The molecule has 1 aromatic heterocycles. The molecule has 4 heterocycles. The quantitative estimate of drug-likeness (QED) is 0.185. The van der Waals surface area contributed by atoms with E-state index < -0.39 is 109 Å². The first-order valence-electron chi connectivity index (χ1n) is 18.1. The SMILES string of the molecule is C=CC1C(OC2OC(COC(C)=O)C(OC(C)=O)C(OC(C)=O)C2OC(C)=O)OC=C(C(=O)OC)C1CC1c2[nH]c3ccccc3c2CC(C(=O)OC)N1C(C)=O. The Balaban J connectivity index is 1.59. The van der Waals surface area contributed by atoms with Crippen molar-refractivity contribution in [2.24, 2.45) is 11.8 Å². The molecule has 5 rings (SSSR count). The van der Waals surface area contributed by atoms with Gasteiger partial charge in [-0.1, -0.05) is 24.3 Å². The van der Waals surface area contributed by atoms with Gasteiger partial charge in [-0.15, -0.1) is 6.58 Å². The maximum absolute atomic E-state index is 13.5. The molecule has 2 aromatic rings. The maximum Gasteiger partial charge on any atom is 0.337 e. The van der Waals surface area contributed by atoms with E-state index in [1.807, 2.05) is 24.3 Å². The Morgan fingerprint density at radius 2 is 1.51 bits per heavy atom. The highest BCUT2D eigenvalue weighted by Gasteiger charge is 2.55. The predicted molar refractivity (Wildman–Crippen MR) is 193 cm³/mol. The van der Waals surface area contributed by atoms with E-state index in [-0.39, 0.29) is 18.4 Å². The second kappa shape index (κ2) is 18.0. The van der Waals surface area contributed by atoms with Gasteiger partial charge < -0.3 is 52.5 Å². The number of benzene rings is 1. The molecule has 1 N–H and O–H groups in total. The fraction of sp³-hybridized carbons (Fsp3) is 0.513. The first kappa shape index (κ1) is 42.4. The van der Waals surface area contributed by atoms with Crippen LogP contribution in [0, 0.1) is 11.8 Å². The number of methoxy groups -OCH3 is 2. The third-order valence-electron chi connectivity index (χ3n) is 9.98. The number of esters is 6. The van der Waals surface area contributed by atoms with Gasteiger partial charge in [0.15, 0.2) is 18.3 Å². The van der Waals surface area contributed by atoms with Gasteiger partial charge in [0.1, 0.15) is 18.8 Å². The fourth-order valence-electron chi connectivity index (χ4n) is 7.76. The Labute approximate surface area is 327 Å². The van der Waals surface area contributed by atoms with Gasteiger partial charge in [0.05, 0.1) is 32.1 Å². The van der Waals surface area contributed by atoms with E-state index in [1.165, 1.54) is 32.1 Å². The van der Waals surface area contributed by atoms with E-state index in [0.717, 1.165) is 50.4 Å². The summed E-state index contributed by atoms with van der Waals surface area (Å²) in [5.74, 6) is -6.86. The smallest absolute Gasteiger partial charge is 0.337 e. The highest BCUT2D eigenvalue weighted by atomic mass is 16.8. The van der Waals surface area contributed by atoms with Crippen LogP contribution >= 0.6 is 0 Å². The number of hydrogen-bond donors (Lipinski definition) is 1. The number of carbonyl (C=O) groups excluding carboxylic acids is 7. The minimum Gasteiger partial charge on any atom is -0.471 e. The Hall–Kier alpha value is -5.75. The molecule has 1 aromatic carbocycles. The predicted octanol–water partition coefficient (Wildman–Crippen LogP) is 2.48. The summed E-state index contributed by atoms with van der Waals surface area (Å²) in [5.41, 5.74) is 2.24. The van der Waals surface area contributed by atoms with Crippen LogP contribution in [-0.4, -0.2) is 115 Å². The number of rotatable bonds is 12. The molecular weight excluding hydrogens is 752 g/mol. The van der Waals surface area contributed by atoms with Gasteiger partial charge in [-0.2, -0.15) is 0 Å². The standard InChI is InChI=1S/C39H46N2O16/c1-9-23-25(14-29-32-26(24-12-10-11-13-28(24)40-32)15-30(37(48)50-8)41(29)18(2)42)27(36(47)49-7)16-52-38(23)57-39-35(55-22(6)46)34(54-21(5)45)33(53-20(4)44)31(56-39)17-51-19(3)43/h9-13,16,23,25,29-31,33-35,38-40H,1,14-15,17H2,2-8H3. The van der Waals surface area contributed by atoms with Gasteiger partial charge in [-0.3, -0.25) is 24.0 Å². The van der Waals surface area contributed by atoms with Gasteiger partial charge in [0.25, 0.3) is 0 Å². The average molecular weight is 799 g/mol. The summed E-state index contributed by atoms with van der Waals surface area (Å²) in [6.07, 6.45) is -6.13. The van der Waals surface area contributed by atoms with E-state index in [1.54, 1.807) is 0 Å². The zero-order chi connectivity index (χ0) is 41.7. The van der Waals surface area contributed by atoms with Crippen LogP contribution in [0.1, 0.15) is 58.3 Å². The summed E-state index contributed by atoms with van der Waals surface area (Å²) in [6.45, 7) is 9.24. The third-order valence-corrected chi connectivity index (χ3v) is 9.98. The lowest BCUT2D eigenvalue weighted by Crippen LogP contribution is -2.63. The summed E-state index contributed by atoms with van der Waals surface area (Å²) >= 11 is 0. The summed E-state index contributed by atoms with van der Waals surface area (Å²) in [6, 6.07) is 5.62. The molecule has 57 heavy (non-hydrogen) atoms. The highest BCUT2D eigenvalue weighted by molar-refractivity contribution is 5.91. The number of nitrogens with zero attached hydrogens (tertiary/aromatic N) is 1. The van der Waals surface area contributed by atoms with Crippen molar-refractivity contribution in [1.29, 1.82) is 0 Å². The van der Waals surface area contributed by atoms with Gasteiger partial charge in [0.2, 0.25) is 18.5 Å². The number of ether oxygens (including phenoxy) is 9. The number of amides is 1. The molecule has 3 aliphatic rings. The molecule has 18 heteroatoms. The first-order chi connectivity index (χ1) is 27.1. The number of aromatic amines is 1. The molecule has 308 valence electrons. The number of carbonyl (C=O) groups is 7. The number of aromatic nitrogens is 1. The number of hydrogen-bond acceptors (Lipinski definition) is 16. The van der Waals surface area contributed by atoms with E-state index in [9.17, 15) is 33.6 Å². The normalized spacial score (nSPS) is 28.1. The Bertz CT molecular complexity index is 1940. The summed E-state index contributed by atoms with van der Waals surface area (Å²) in [4.78, 5) is 93.9. The van der Waals surface area contributed by atoms with Gasteiger partial charge >= 0.3 is 35.8 Å². The summed E-state index contributed by atoms with van der Waals surface area (Å²) in [5, 5.41) is 0.843. The lowest BCUT2D eigenvalue weighted by molar-refractivity contribution is -0.342. The van der Waals surface area contributed by atoms with E-state index in [0.29, 0.717) is 5.69 Å². The maximum atomic E-state index is 13.5. The van der Waals surface area contributed by atoms with Crippen molar-refractivity contribution >= 4 is 52.6 Å². The Kier molecular flexibility index (Phi) is 13.4. The first-order valence-corrected chi connectivity index (χ1v) is 18.1. The van der Waals surface area contributed by atoms with Gasteiger partial charge in [0, 0.05) is 69.5 Å². The van der Waals surface area contributed by atoms with Crippen LogP contribution in [0.5, 0.6) is 0 Å². The molecule has 3 aliphatic heterocycles. The third kappa shape index (κ3) is 9.12. The minimum atomic E-state index is -1.64. The van der Waals surface area contributed by atoms with Crippen LogP contribution in [0.15, 0.2) is 48.8 Å². The number of nitrogens with one attached hydrogen (secondary N) is 1. The van der Waals surface area contributed by atoms with E-state index in [2.05, 4.69) is 11.6 Å². The number of fused-ring (bicyclic) bond motifs is 3. The number of para-hydroxylation sites is 1. The zero-order valence-corrected chi connectivity index (χ0v) is 32.5. The molecule has 18 nitrogen and oxygen atoms in total. The van der Waals surface area contributed by atoms with Crippen molar-refractivity contribution in [2.45, 2.75) is 96.5 Å². The molecule has 0 aliphatic carbocycles. The Morgan fingerprint density at radius 3 is 2.11 bits per heavy atom. The van der Waals surface area contributed by atoms with Crippen LogP contribution in [-0.2, 0) is 82.6 Å². The highest BCUT2D eigenvalue weighted by Crippen LogP contribution is 2.46. The van der Waals surface area contributed by atoms with Crippen molar-refractivity contribution in [3.05, 3.63) is 60.0 Å². The molecule has 1 fully saturated rings. The van der Waals surface area contributed by atoms with Crippen LogP contribution in [0.4, 0.5) is 0 Å². The van der Waals surface area contributed by atoms with Crippen molar-refractivity contribution in [3.8, 4) is 0 Å². The molecule has 0 spiro atoms. The lowest BCUT2D eigenvalue weighted by atomic mass is 9.77. The van der Waals surface area contributed by atoms with Gasteiger partial charge in [-0.25, -0.2) is 9.59 Å². The molecule has 1 saturated heterocycles. The molecular formula is C39H46N2O16. The van der Waals surface area contributed by atoms with Crippen molar-refractivity contribution < 1.29 is 76.2 Å². The lowest BCUT2D eigenvalue weighted by Gasteiger charge is -2.46. The van der Waals surface area contributed by atoms with Crippen LogP contribution in [0.2, 0.25) is 0 Å². The summed E-state index contributed by atoms with van der Waals surface area (Å²) < 4.78 is 50.5. The topological polar surface area (TPSA) is 222 Å². The molecule has 0 saturated carbocycles. The Morgan fingerprint density at radius 1 is 0.860 bits per heavy atom. The second-order valence-corrected chi connectivity index (χ2v) is 13.7. The van der Waals surface area contributed by atoms with Gasteiger partial charge in [-0.05, 0) is 18.1 Å². The zero-order valence-electron chi connectivity index (χ0n) is 32.5. The second-order valence-electron chi connectivity index (χ2n) is 13.7. The summed E-state index contributed by atoms with van der Waals surface area (Å²) in [7, 11) is 2.43. The average Bonchev–Trinajstić information content (AvgIpc) is 3.53. The van der Waals surface area contributed by atoms with Crippen molar-refractivity contribution in [1.82, 2.24) is 9.88 Å². The molecule has 0 bridgehead atoms. The number of H-pyrrole nitrogens is 1. The molecule has 10 unspecified atom stereocenters. The molecule has 10 atom stereocenters. The monoisotopic (exact) mass is 798 g/mol. The van der Waals surface area contributed by atoms with Crippen LogP contribution in [0.3, 0.4) is 0 Å². The van der Waals surface area contributed by atoms with Crippen molar-refractivity contribution in [2.75, 3.05) is 20.8 Å². The fourth-order valence-corrected chi connectivity index (χ4v) is 7.76. The van der Waals surface area contributed by atoms with Crippen LogP contribution < -0.4 is 0 Å². The minimum absolute atomic E-state index is 0.00763. The largest absolute Gasteiger partial charge is 0.471 e. The van der Waals surface area contributed by atoms with Crippen LogP contribution in [0.25, 0.3) is 10.9 Å². The van der Waals surface area contributed by atoms with Crippen molar-refractivity contribution in [3.63, 3.8) is 0 Å². The van der Waals surface area contributed by atoms with E-state index >= 15 is 0 Å². The van der Waals surface area contributed by atoms with E-state index in [4.69, 9.17) is 42.6 Å².